The monoisotopic (exact) mass is 298 g/mol. The molecule has 0 bridgehead atoms. The van der Waals surface area contributed by atoms with E-state index in [2.05, 4.69) is 15.1 Å². The van der Waals surface area contributed by atoms with Gasteiger partial charge in [-0.1, -0.05) is 30.3 Å². The third-order valence-electron chi connectivity index (χ3n) is 3.08. The molecular weight excluding hydrogens is 280 g/mol. The number of hydrogen-bond donors (Lipinski definition) is 1. The molecule has 0 aliphatic carbocycles. The molecular formula is C16H18N4O2. The van der Waals surface area contributed by atoms with Crippen LogP contribution in [0.15, 0.2) is 41.2 Å². The Labute approximate surface area is 127 Å². The maximum absolute atomic E-state index is 12.2. The molecule has 1 N–H and O–H groups in total. The molecule has 114 valence electrons. The van der Waals surface area contributed by atoms with Crippen LogP contribution in [0.3, 0.4) is 0 Å². The Bertz CT molecular complexity index is 844. The lowest BCUT2D eigenvalue weighted by atomic mass is 10.2. The second-order valence-electron chi connectivity index (χ2n) is 6.06. The minimum absolute atomic E-state index is 0.202. The largest absolute Gasteiger partial charge is 0.370 e. The van der Waals surface area contributed by atoms with Crippen LogP contribution in [-0.4, -0.2) is 25.2 Å². The van der Waals surface area contributed by atoms with Gasteiger partial charge in [-0.3, -0.25) is 9.89 Å². The van der Waals surface area contributed by atoms with Gasteiger partial charge in [-0.25, -0.2) is 4.98 Å². The first-order valence-corrected chi connectivity index (χ1v) is 7.10. The van der Waals surface area contributed by atoms with E-state index in [1.165, 1.54) is 10.6 Å². The van der Waals surface area contributed by atoms with Gasteiger partial charge in [0.1, 0.15) is 0 Å². The lowest BCUT2D eigenvalue weighted by molar-refractivity contribution is -0.0164. The van der Waals surface area contributed by atoms with Crippen molar-refractivity contribution in [3.05, 3.63) is 52.4 Å². The Morgan fingerprint density at radius 3 is 2.59 bits per heavy atom. The van der Waals surface area contributed by atoms with Gasteiger partial charge in [0, 0.05) is 11.6 Å². The molecule has 0 radical (unpaired) electrons. The molecule has 0 atom stereocenters. The third-order valence-corrected chi connectivity index (χ3v) is 3.08. The van der Waals surface area contributed by atoms with Crippen LogP contribution in [0.5, 0.6) is 0 Å². The lowest BCUT2D eigenvalue weighted by Gasteiger charge is -2.18. The first kappa shape index (κ1) is 14.5. The zero-order valence-electron chi connectivity index (χ0n) is 12.8. The van der Waals surface area contributed by atoms with Crippen LogP contribution >= 0.6 is 0 Å². The number of hydrogen-bond acceptors (Lipinski definition) is 4. The summed E-state index contributed by atoms with van der Waals surface area (Å²) < 4.78 is 7.00. The molecule has 0 amide bonds. The van der Waals surface area contributed by atoms with Crippen LogP contribution in [0.25, 0.3) is 17.2 Å². The molecule has 0 spiro atoms. The molecule has 2 heterocycles. The summed E-state index contributed by atoms with van der Waals surface area (Å²) in [5.41, 5.74) is 0.992. The summed E-state index contributed by atoms with van der Waals surface area (Å²) in [6.07, 6.45) is 0. The SMILES string of the molecule is CC(C)(C)OCc1cc(=O)n2[nH]c(-c3ccccc3)nc2n1. The van der Waals surface area contributed by atoms with E-state index in [1.54, 1.807) is 0 Å². The molecule has 0 unspecified atom stereocenters. The van der Waals surface area contributed by atoms with Gasteiger partial charge in [0.25, 0.3) is 11.3 Å². The molecule has 22 heavy (non-hydrogen) atoms. The fourth-order valence-electron chi connectivity index (χ4n) is 2.02. The van der Waals surface area contributed by atoms with Crippen LogP contribution in [-0.2, 0) is 11.3 Å². The first-order chi connectivity index (χ1) is 10.4. The Morgan fingerprint density at radius 2 is 1.91 bits per heavy atom. The molecule has 6 nitrogen and oxygen atoms in total. The van der Waals surface area contributed by atoms with E-state index >= 15 is 0 Å². The number of H-pyrrole nitrogens is 1. The number of nitrogens with one attached hydrogen (secondary N) is 1. The van der Waals surface area contributed by atoms with E-state index in [0.717, 1.165) is 5.56 Å². The van der Waals surface area contributed by atoms with Crippen LogP contribution < -0.4 is 5.56 Å². The summed E-state index contributed by atoms with van der Waals surface area (Å²) >= 11 is 0. The second kappa shape index (κ2) is 5.38. The van der Waals surface area contributed by atoms with E-state index in [1.807, 2.05) is 51.1 Å². The van der Waals surface area contributed by atoms with Crippen molar-refractivity contribution in [2.75, 3.05) is 0 Å². The van der Waals surface area contributed by atoms with Crippen molar-refractivity contribution >= 4 is 5.78 Å². The number of aromatic nitrogens is 4. The molecule has 0 fully saturated rings. The number of aromatic amines is 1. The molecule has 0 saturated heterocycles. The molecule has 3 rings (SSSR count). The quantitative estimate of drug-likeness (QED) is 0.806. The Balaban J connectivity index is 1.98. The minimum Gasteiger partial charge on any atom is -0.370 e. The van der Waals surface area contributed by atoms with Gasteiger partial charge in [0.15, 0.2) is 5.82 Å². The highest BCUT2D eigenvalue weighted by molar-refractivity contribution is 5.56. The van der Waals surface area contributed by atoms with Gasteiger partial charge in [0.2, 0.25) is 0 Å². The molecule has 0 saturated carbocycles. The standard InChI is InChI=1S/C16H18N4O2/c1-16(2,3)22-10-12-9-13(21)20-15(17-12)18-14(19-20)11-7-5-4-6-8-11/h4-9H,10H2,1-3H3,(H,17,18,19). The fraction of sp³-hybridized carbons (Fsp3) is 0.312. The molecule has 0 aliphatic heterocycles. The Morgan fingerprint density at radius 1 is 1.18 bits per heavy atom. The lowest BCUT2D eigenvalue weighted by Crippen LogP contribution is -2.21. The fourth-order valence-corrected chi connectivity index (χ4v) is 2.02. The molecule has 6 heteroatoms. The zero-order valence-corrected chi connectivity index (χ0v) is 12.8. The summed E-state index contributed by atoms with van der Waals surface area (Å²) in [6, 6.07) is 11.1. The molecule has 1 aromatic carbocycles. The van der Waals surface area contributed by atoms with E-state index < -0.39 is 0 Å². The molecule has 2 aromatic heterocycles. The molecule has 0 aliphatic rings. The van der Waals surface area contributed by atoms with Crippen molar-refractivity contribution in [1.29, 1.82) is 0 Å². The average molecular weight is 298 g/mol. The highest BCUT2D eigenvalue weighted by atomic mass is 16.5. The van der Waals surface area contributed by atoms with E-state index in [0.29, 0.717) is 17.3 Å². The van der Waals surface area contributed by atoms with Crippen molar-refractivity contribution in [3.8, 4) is 11.4 Å². The van der Waals surface area contributed by atoms with Crippen molar-refractivity contribution in [2.24, 2.45) is 0 Å². The molecule has 3 aromatic rings. The van der Waals surface area contributed by atoms with Crippen LogP contribution in [0.1, 0.15) is 26.5 Å². The number of rotatable bonds is 3. The average Bonchev–Trinajstić information content (AvgIpc) is 2.90. The maximum atomic E-state index is 12.2. The van der Waals surface area contributed by atoms with Crippen molar-refractivity contribution < 1.29 is 4.74 Å². The summed E-state index contributed by atoms with van der Waals surface area (Å²) in [4.78, 5) is 20.9. The van der Waals surface area contributed by atoms with Crippen molar-refractivity contribution in [2.45, 2.75) is 33.0 Å². The summed E-state index contributed by atoms with van der Waals surface area (Å²) in [6.45, 7) is 6.16. The van der Waals surface area contributed by atoms with Gasteiger partial charge < -0.3 is 4.74 Å². The van der Waals surface area contributed by atoms with E-state index in [4.69, 9.17) is 4.74 Å². The smallest absolute Gasteiger partial charge is 0.274 e. The van der Waals surface area contributed by atoms with Gasteiger partial charge in [-0.2, -0.15) is 9.50 Å². The Hall–Kier alpha value is -2.47. The van der Waals surface area contributed by atoms with Crippen LogP contribution in [0.4, 0.5) is 0 Å². The zero-order chi connectivity index (χ0) is 15.7. The Kier molecular flexibility index (Phi) is 3.54. The minimum atomic E-state index is -0.284. The maximum Gasteiger partial charge on any atom is 0.274 e. The summed E-state index contributed by atoms with van der Waals surface area (Å²) in [7, 11) is 0. The highest BCUT2D eigenvalue weighted by Gasteiger charge is 2.13. The third kappa shape index (κ3) is 3.07. The van der Waals surface area contributed by atoms with Gasteiger partial charge in [-0.05, 0) is 20.8 Å². The highest BCUT2D eigenvalue weighted by Crippen LogP contribution is 2.15. The van der Waals surface area contributed by atoms with Crippen LogP contribution in [0, 0.1) is 0 Å². The number of nitrogens with zero attached hydrogens (tertiary/aromatic N) is 3. The summed E-state index contributed by atoms with van der Waals surface area (Å²) in [5, 5.41) is 2.97. The topological polar surface area (TPSA) is 72.3 Å². The first-order valence-electron chi connectivity index (χ1n) is 7.10. The van der Waals surface area contributed by atoms with E-state index in [9.17, 15) is 4.79 Å². The number of ether oxygens (including phenoxy) is 1. The predicted molar refractivity (Wildman–Crippen MR) is 83.6 cm³/mol. The van der Waals surface area contributed by atoms with Gasteiger partial charge >= 0.3 is 0 Å². The summed E-state index contributed by atoms with van der Waals surface area (Å²) in [5.74, 6) is 0.956. The van der Waals surface area contributed by atoms with Crippen molar-refractivity contribution in [1.82, 2.24) is 19.6 Å². The van der Waals surface area contributed by atoms with E-state index in [-0.39, 0.29) is 17.8 Å². The van der Waals surface area contributed by atoms with Gasteiger partial charge in [0.05, 0.1) is 17.9 Å². The number of fused-ring (bicyclic) bond motifs is 1. The van der Waals surface area contributed by atoms with Gasteiger partial charge in [-0.15, -0.1) is 0 Å². The van der Waals surface area contributed by atoms with Crippen LogP contribution in [0.2, 0.25) is 0 Å². The normalized spacial score (nSPS) is 12.0. The number of benzene rings is 1. The second-order valence-corrected chi connectivity index (χ2v) is 6.06. The predicted octanol–water partition coefficient (Wildman–Crippen LogP) is 2.40. The van der Waals surface area contributed by atoms with Crippen molar-refractivity contribution in [3.63, 3.8) is 0 Å².